The number of benzene rings is 1. The van der Waals surface area contributed by atoms with E-state index in [2.05, 4.69) is 4.99 Å². The van der Waals surface area contributed by atoms with Gasteiger partial charge in [-0.1, -0.05) is 26.0 Å². The van der Waals surface area contributed by atoms with Gasteiger partial charge in [-0.15, -0.1) is 0 Å². The molecule has 4 nitrogen and oxygen atoms in total. The van der Waals surface area contributed by atoms with E-state index >= 15 is 0 Å². The minimum absolute atomic E-state index is 0.102. The van der Waals surface area contributed by atoms with Crippen LogP contribution in [0, 0.1) is 5.92 Å². The number of rotatable bonds is 5. The minimum Gasteiger partial charge on any atom is -0.507 e. The number of aromatic hydroxyl groups is 1. The molecule has 0 aromatic heterocycles. The molecule has 0 amide bonds. The number of carboxylic acid groups (broad SMARTS) is 1. The summed E-state index contributed by atoms with van der Waals surface area (Å²) in [5.74, 6) is -0.576. The molecule has 2 N–H and O–H groups in total. The number of aliphatic carboxylic acids is 1. The third-order valence-electron chi connectivity index (χ3n) is 2.31. The number of phenols is 1. The van der Waals surface area contributed by atoms with E-state index in [9.17, 15) is 9.90 Å². The summed E-state index contributed by atoms with van der Waals surface area (Å²) < 4.78 is 0. The highest BCUT2D eigenvalue weighted by Gasteiger charge is 2.16. The SMILES string of the molecule is CC(C)C[C@@H](N=Cc1ccccc1O)C(=O)O. The molecule has 17 heavy (non-hydrogen) atoms. The fraction of sp³-hybridized carbons (Fsp3) is 0.385. The maximum atomic E-state index is 11.0. The molecule has 0 spiro atoms. The Balaban J connectivity index is 2.80. The first kappa shape index (κ1) is 13.2. The molecule has 0 heterocycles. The molecule has 0 saturated heterocycles. The van der Waals surface area contributed by atoms with Gasteiger partial charge in [-0.3, -0.25) is 4.99 Å². The van der Waals surface area contributed by atoms with Gasteiger partial charge in [0.1, 0.15) is 11.8 Å². The zero-order valence-corrected chi connectivity index (χ0v) is 10.00. The van der Waals surface area contributed by atoms with Gasteiger partial charge in [0, 0.05) is 11.8 Å². The van der Waals surface area contributed by atoms with Crippen LogP contribution in [0.4, 0.5) is 0 Å². The molecule has 0 fully saturated rings. The quantitative estimate of drug-likeness (QED) is 0.769. The summed E-state index contributed by atoms with van der Waals surface area (Å²) in [4.78, 5) is 15.0. The molecule has 1 aromatic carbocycles. The van der Waals surface area contributed by atoms with E-state index in [-0.39, 0.29) is 11.7 Å². The highest BCUT2D eigenvalue weighted by atomic mass is 16.4. The zero-order chi connectivity index (χ0) is 12.8. The molecular weight excluding hydrogens is 218 g/mol. The topological polar surface area (TPSA) is 69.9 Å². The molecule has 0 aliphatic heterocycles. The molecule has 0 aliphatic rings. The number of hydrogen-bond acceptors (Lipinski definition) is 3. The summed E-state index contributed by atoms with van der Waals surface area (Å²) in [6.07, 6.45) is 1.90. The molecule has 1 aromatic rings. The predicted octanol–water partition coefficient (Wildman–Crippen LogP) is 2.31. The van der Waals surface area contributed by atoms with Crippen LogP contribution in [-0.4, -0.2) is 28.4 Å². The Kier molecular flexibility index (Phi) is 4.69. The van der Waals surface area contributed by atoms with E-state index in [1.165, 1.54) is 6.21 Å². The Labute approximate surface area is 101 Å². The van der Waals surface area contributed by atoms with E-state index in [1.807, 2.05) is 13.8 Å². The van der Waals surface area contributed by atoms with E-state index in [0.29, 0.717) is 12.0 Å². The Morgan fingerprint density at radius 2 is 2.06 bits per heavy atom. The summed E-state index contributed by atoms with van der Waals surface area (Å²) in [6, 6.07) is 5.94. The lowest BCUT2D eigenvalue weighted by atomic mass is 10.0. The Hall–Kier alpha value is -1.84. The van der Waals surface area contributed by atoms with Gasteiger partial charge in [0.2, 0.25) is 0 Å². The first-order chi connectivity index (χ1) is 8.00. The average Bonchev–Trinajstić information content (AvgIpc) is 2.25. The van der Waals surface area contributed by atoms with Gasteiger partial charge < -0.3 is 10.2 Å². The lowest BCUT2D eigenvalue weighted by Crippen LogP contribution is -2.20. The van der Waals surface area contributed by atoms with Crippen LogP contribution in [0.1, 0.15) is 25.8 Å². The second kappa shape index (κ2) is 6.03. The van der Waals surface area contributed by atoms with E-state index in [0.717, 1.165) is 0 Å². The van der Waals surface area contributed by atoms with Crippen LogP contribution in [0.15, 0.2) is 29.3 Å². The molecule has 0 aliphatic carbocycles. The standard InChI is InChI=1S/C13H17NO3/c1-9(2)7-11(13(16)17)14-8-10-5-3-4-6-12(10)15/h3-6,8-9,11,15H,7H2,1-2H3,(H,16,17)/t11-/m1/s1. The molecule has 0 unspecified atom stereocenters. The zero-order valence-electron chi connectivity index (χ0n) is 10.00. The summed E-state index contributed by atoms with van der Waals surface area (Å²) >= 11 is 0. The van der Waals surface area contributed by atoms with Crippen LogP contribution in [0.3, 0.4) is 0 Å². The van der Waals surface area contributed by atoms with Gasteiger partial charge in [-0.2, -0.15) is 0 Å². The highest BCUT2D eigenvalue weighted by molar-refractivity contribution is 5.85. The minimum atomic E-state index is -0.939. The summed E-state index contributed by atoms with van der Waals surface area (Å²) in [5, 5.41) is 18.5. The third kappa shape index (κ3) is 4.26. The van der Waals surface area contributed by atoms with Crippen molar-refractivity contribution in [2.75, 3.05) is 0 Å². The lowest BCUT2D eigenvalue weighted by Gasteiger charge is -2.09. The number of carboxylic acids is 1. The molecule has 1 rings (SSSR count). The molecule has 0 radical (unpaired) electrons. The monoisotopic (exact) mass is 235 g/mol. The van der Waals surface area contributed by atoms with Crippen molar-refractivity contribution in [1.82, 2.24) is 0 Å². The number of carbonyl (C=O) groups is 1. The van der Waals surface area contributed by atoms with Gasteiger partial charge in [-0.05, 0) is 24.5 Å². The highest BCUT2D eigenvalue weighted by Crippen LogP contribution is 2.14. The summed E-state index contributed by atoms with van der Waals surface area (Å²) in [7, 11) is 0. The normalized spacial score (nSPS) is 13.1. The number of nitrogens with zero attached hydrogens (tertiary/aromatic N) is 1. The van der Waals surface area contributed by atoms with Gasteiger partial charge in [0.15, 0.2) is 0 Å². The molecular formula is C13H17NO3. The van der Waals surface area contributed by atoms with Gasteiger partial charge in [0.05, 0.1) is 0 Å². The fourth-order valence-corrected chi connectivity index (χ4v) is 1.44. The fourth-order valence-electron chi connectivity index (χ4n) is 1.44. The summed E-state index contributed by atoms with van der Waals surface area (Å²) in [5.41, 5.74) is 0.530. The van der Waals surface area contributed by atoms with Crippen LogP contribution >= 0.6 is 0 Å². The van der Waals surface area contributed by atoms with E-state index in [1.54, 1.807) is 24.3 Å². The van der Waals surface area contributed by atoms with Crippen molar-refractivity contribution in [2.45, 2.75) is 26.3 Å². The van der Waals surface area contributed by atoms with Gasteiger partial charge in [0.25, 0.3) is 0 Å². The number of para-hydroxylation sites is 1. The van der Waals surface area contributed by atoms with Crippen molar-refractivity contribution in [1.29, 1.82) is 0 Å². The maximum Gasteiger partial charge on any atom is 0.328 e. The number of hydrogen-bond donors (Lipinski definition) is 2. The summed E-state index contributed by atoms with van der Waals surface area (Å²) in [6.45, 7) is 3.90. The largest absolute Gasteiger partial charge is 0.507 e. The smallest absolute Gasteiger partial charge is 0.328 e. The van der Waals surface area contributed by atoms with Crippen molar-refractivity contribution in [3.63, 3.8) is 0 Å². The number of aliphatic imine (C=N–C) groups is 1. The average molecular weight is 235 g/mol. The second-order valence-corrected chi connectivity index (χ2v) is 4.32. The Morgan fingerprint density at radius 3 is 2.59 bits per heavy atom. The van der Waals surface area contributed by atoms with Crippen molar-refractivity contribution in [3.05, 3.63) is 29.8 Å². The molecule has 1 atom stereocenters. The van der Waals surface area contributed by atoms with Crippen LogP contribution in [0.2, 0.25) is 0 Å². The van der Waals surface area contributed by atoms with Crippen molar-refractivity contribution >= 4 is 12.2 Å². The Morgan fingerprint density at radius 1 is 1.41 bits per heavy atom. The van der Waals surface area contributed by atoms with Crippen molar-refractivity contribution in [3.8, 4) is 5.75 Å². The van der Waals surface area contributed by atoms with Crippen LogP contribution in [0.25, 0.3) is 0 Å². The van der Waals surface area contributed by atoms with E-state index in [4.69, 9.17) is 5.11 Å². The molecule has 92 valence electrons. The van der Waals surface area contributed by atoms with Crippen LogP contribution < -0.4 is 0 Å². The number of phenolic OH excluding ortho intramolecular Hbond substituents is 1. The van der Waals surface area contributed by atoms with Crippen LogP contribution in [0.5, 0.6) is 5.75 Å². The third-order valence-corrected chi connectivity index (χ3v) is 2.31. The van der Waals surface area contributed by atoms with Crippen molar-refractivity contribution < 1.29 is 15.0 Å². The second-order valence-electron chi connectivity index (χ2n) is 4.32. The van der Waals surface area contributed by atoms with Crippen molar-refractivity contribution in [2.24, 2.45) is 10.9 Å². The van der Waals surface area contributed by atoms with Gasteiger partial charge in [-0.25, -0.2) is 4.79 Å². The molecule has 0 saturated carbocycles. The Bertz CT molecular complexity index is 413. The molecule has 4 heteroatoms. The predicted molar refractivity (Wildman–Crippen MR) is 66.6 cm³/mol. The molecule has 0 bridgehead atoms. The van der Waals surface area contributed by atoms with Crippen LogP contribution in [-0.2, 0) is 4.79 Å². The first-order valence-corrected chi connectivity index (χ1v) is 5.54. The maximum absolute atomic E-state index is 11.0. The lowest BCUT2D eigenvalue weighted by molar-refractivity contribution is -0.138. The first-order valence-electron chi connectivity index (χ1n) is 5.54. The van der Waals surface area contributed by atoms with E-state index < -0.39 is 12.0 Å². The van der Waals surface area contributed by atoms with Gasteiger partial charge >= 0.3 is 5.97 Å².